The van der Waals surface area contributed by atoms with E-state index in [1.807, 2.05) is 19.1 Å². The van der Waals surface area contributed by atoms with E-state index in [2.05, 4.69) is 5.32 Å². The molecular formula is C17H14Cl3NO3. The van der Waals surface area contributed by atoms with E-state index in [4.69, 9.17) is 39.5 Å². The first-order valence-corrected chi connectivity index (χ1v) is 8.24. The van der Waals surface area contributed by atoms with Crippen LogP contribution in [-0.4, -0.2) is 18.5 Å². The van der Waals surface area contributed by atoms with E-state index in [9.17, 15) is 9.59 Å². The number of amides is 1. The number of anilines is 1. The van der Waals surface area contributed by atoms with Crippen molar-refractivity contribution in [1.82, 2.24) is 0 Å². The van der Waals surface area contributed by atoms with Crippen molar-refractivity contribution in [3.63, 3.8) is 0 Å². The van der Waals surface area contributed by atoms with Gasteiger partial charge in [-0.2, -0.15) is 0 Å². The molecule has 0 unspecified atom stereocenters. The fraction of sp³-hybridized carbons (Fsp3) is 0.176. The van der Waals surface area contributed by atoms with Gasteiger partial charge in [0.2, 0.25) is 0 Å². The van der Waals surface area contributed by atoms with Gasteiger partial charge in [-0.25, -0.2) is 4.79 Å². The molecule has 2 aromatic rings. The number of aryl methyl sites for hydroxylation is 1. The van der Waals surface area contributed by atoms with Crippen molar-refractivity contribution in [2.24, 2.45) is 0 Å². The molecule has 0 saturated heterocycles. The van der Waals surface area contributed by atoms with Gasteiger partial charge in [0.15, 0.2) is 6.61 Å². The molecule has 0 saturated carbocycles. The fourth-order valence-corrected chi connectivity index (χ4v) is 2.84. The van der Waals surface area contributed by atoms with E-state index in [-0.39, 0.29) is 15.7 Å². The zero-order valence-electron chi connectivity index (χ0n) is 12.7. The van der Waals surface area contributed by atoms with Crippen molar-refractivity contribution in [3.8, 4) is 0 Å². The highest BCUT2D eigenvalue weighted by Crippen LogP contribution is 2.33. The maximum atomic E-state index is 11.9. The summed E-state index contributed by atoms with van der Waals surface area (Å²) < 4.78 is 4.98. The monoisotopic (exact) mass is 385 g/mol. The van der Waals surface area contributed by atoms with Crippen LogP contribution >= 0.6 is 34.8 Å². The van der Waals surface area contributed by atoms with E-state index in [1.54, 1.807) is 12.1 Å². The molecule has 24 heavy (non-hydrogen) atoms. The average Bonchev–Trinajstić information content (AvgIpc) is 2.56. The second-order valence-corrected chi connectivity index (χ2v) is 6.17. The number of carbonyl (C=O) groups excluding carboxylic acids is 2. The first-order valence-electron chi connectivity index (χ1n) is 7.11. The van der Waals surface area contributed by atoms with Gasteiger partial charge in [0.05, 0.1) is 21.3 Å². The predicted molar refractivity (Wildman–Crippen MR) is 96.2 cm³/mol. The Morgan fingerprint density at radius 3 is 2.17 bits per heavy atom. The van der Waals surface area contributed by atoms with Crippen LogP contribution in [0.5, 0.6) is 0 Å². The number of esters is 1. The van der Waals surface area contributed by atoms with Gasteiger partial charge in [0, 0.05) is 5.02 Å². The van der Waals surface area contributed by atoms with E-state index >= 15 is 0 Å². The third-order valence-corrected chi connectivity index (χ3v) is 4.02. The van der Waals surface area contributed by atoms with Crippen LogP contribution in [0.15, 0.2) is 36.4 Å². The maximum Gasteiger partial charge on any atom is 0.338 e. The first-order chi connectivity index (χ1) is 11.4. The number of benzene rings is 2. The summed E-state index contributed by atoms with van der Waals surface area (Å²) in [4.78, 5) is 23.8. The highest BCUT2D eigenvalue weighted by atomic mass is 35.5. The summed E-state index contributed by atoms with van der Waals surface area (Å²) >= 11 is 17.7. The fourth-order valence-electron chi connectivity index (χ4n) is 1.93. The minimum absolute atomic E-state index is 0.197. The van der Waals surface area contributed by atoms with E-state index in [1.165, 1.54) is 12.1 Å². The summed E-state index contributed by atoms with van der Waals surface area (Å²) in [6.45, 7) is 1.56. The summed E-state index contributed by atoms with van der Waals surface area (Å²) in [7, 11) is 0. The summed E-state index contributed by atoms with van der Waals surface area (Å²) in [5.41, 5.74) is 1.70. The largest absolute Gasteiger partial charge is 0.452 e. The lowest BCUT2D eigenvalue weighted by Crippen LogP contribution is -2.21. The zero-order chi connectivity index (χ0) is 17.7. The molecule has 0 fully saturated rings. The highest BCUT2D eigenvalue weighted by Gasteiger charge is 2.14. The quantitative estimate of drug-likeness (QED) is 0.735. The molecule has 0 radical (unpaired) electrons. The Balaban J connectivity index is 1.94. The molecule has 126 valence electrons. The number of hydrogen-bond donors (Lipinski definition) is 1. The maximum absolute atomic E-state index is 11.9. The Morgan fingerprint density at radius 1 is 1.04 bits per heavy atom. The molecule has 7 heteroatoms. The minimum atomic E-state index is -0.582. The van der Waals surface area contributed by atoms with Crippen molar-refractivity contribution in [2.75, 3.05) is 11.9 Å². The van der Waals surface area contributed by atoms with Gasteiger partial charge in [0.1, 0.15) is 0 Å². The van der Waals surface area contributed by atoms with Crippen molar-refractivity contribution in [2.45, 2.75) is 13.3 Å². The van der Waals surface area contributed by atoms with Crippen LogP contribution in [0.25, 0.3) is 0 Å². The standard InChI is InChI=1S/C17H14Cl3NO3/c1-2-10-3-5-11(6-4-10)17(23)24-9-15(22)21-16-13(19)7-12(18)8-14(16)20/h3-8H,2,9H2,1H3,(H,21,22). The van der Waals surface area contributed by atoms with Gasteiger partial charge in [-0.15, -0.1) is 0 Å². The molecule has 0 aromatic heterocycles. The molecule has 0 aliphatic heterocycles. The van der Waals surface area contributed by atoms with Crippen molar-refractivity contribution >= 4 is 52.4 Å². The minimum Gasteiger partial charge on any atom is -0.452 e. The number of halogens is 3. The zero-order valence-corrected chi connectivity index (χ0v) is 15.0. The Hall–Kier alpha value is -1.75. The lowest BCUT2D eigenvalue weighted by Gasteiger charge is -2.10. The Bertz CT molecular complexity index is 737. The lowest BCUT2D eigenvalue weighted by molar-refractivity contribution is -0.119. The number of carbonyl (C=O) groups is 2. The van der Waals surface area contributed by atoms with E-state index in [0.717, 1.165) is 12.0 Å². The second-order valence-electron chi connectivity index (χ2n) is 4.92. The molecule has 0 heterocycles. The number of nitrogens with one attached hydrogen (secondary N) is 1. The van der Waals surface area contributed by atoms with Crippen molar-refractivity contribution < 1.29 is 14.3 Å². The smallest absolute Gasteiger partial charge is 0.338 e. The first kappa shape index (κ1) is 18.6. The second kappa shape index (κ2) is 8.38. The Kier molecular flexibility index (Phi) is 6.49. The van der Waals surface area contributed by atoms with Gasteiger partial charge in [-0.05, 0) is 36.2 Å². The Labute approximate surface area is 154 Å². The topological polar surface area (TPSA) is 55.4 Å². The van der Waals surface area contributed by atoms with Crippen LogP contribution in [0.3, 0.4) is 0 Å². The number of hydrogen-bond acceptors (Lipinski definition) is 3. The normalized spacial score (nSPS) is 10.3. The highest BCUT2D eigenvalue weighted by molar-refractivity contribution is 6.42. The molecule has 0 spiro atoms. The summed E-state index contributed by atoms with van der Waals surface area (Å²) in [5, 5.41) is 3.24. The van der Waals surface area contributed by atoms with Crippen LogP contribution in [0, 0.1) is 0 Å². The van der Waals surface area contributed by atoms with E-state index < -0.39 is 18.5 Å². The SMILES string of the molecule is CCc1ccc(C(=O)OCC(=O)Nc2c(Cl)cc(Cl)cc2Cl)cc1. The van der Waals surface area contributed by atoms with Crippen LogP contribution < -0.4 is 5.32 Å². The van der Waals surface area contributed by atoms with Crippen LogP contribution in [-0.2, 0) is 16.0 Å². The third-order valence-electron chi connectivity index (χ3n) is 3.20. The molecule has 0 aliphatic rings. The van der Waals surface area contributed by atoms with Gasteiger partial charge in [-0.1, -0.05) is 53.9 Å². The molecule has 1 N–H and O–H groups in total. The van der Waals surface area contributed by atoms with Crippen LogP contribution in [0.2, 0.25) is 15.1 Å². The van der Waals surface area contributed by atoms with Gasteiger partial charge in [-0.3, -0.25) is 4.79 Å². The lowest BCUT2D eigenvalue weighted by atomic mass is 10.1. The molecular weight excluding hydrogens is 373 g/mol. The molecule has 4 nitrogen and oxygen atoms in total. The molecule has 0 bridgehead atoms. The van der Waals surface area contributed by atoms with Crippen molar-refractivity contribution in [1.29, 1.82) is 0 Å². The average molecular weight is 387 g/mol. The predicted octanol–water partition coefficient (Wildman–Crippen LogP) is 5.00. The third kappa shape index (κ3) is 4.87. The van der Waals surface area contributed by atoms with Crippen LogP contribution in [0.4, 0.5) is 5.69 Å². The van der Waals surface area contributed by atoms with Crippen molar-refractivity contribution in [3.05, 3.63) is 62.6 Å². The number of ether oxygens (including phenoxy) is 1. The summed E-state index contributed by atoms with van der Waals surface area (Å²) in [6.07, 6.45) is 0.875. The molecule has 1 amide bonds. The van der Waals surface area contributed by atoms with E-state index in [0.29, 0.717) is 10.6 Å². The Morgan fingerprint density at radius 2 is 1.62 bits per heavy atom. The molecule has 0 atom stereocenters. The summed E-state index contributed by atoms with van der Waals surface area (Å²) in [5.74, 6) is -1.14. The molecule has 2 rings (SSSR count). The van der Waals surface area contributed by atoms with Gasteiger partial charge >= 0.3 is 5.97 Å². The van der Waals surface area contributed by atoms with Gasteiger partial charge in [0.25, 0.3) is 5.91 Å². The van der Waals surface area contributed by atoms with Crippen LogP contribution in [0.1, 0.15) is 22.8 Å². The summed E-state index contributed by atoms with van der Waals surface area (Å²) in [6, 6.07) is 9.89. The van der Waals surface area contributed by atoms with Gasteiger partial charge < -0.3 is 10.1 Å². The number of rotatable bonds is 5. The molecule has 0 aliphatic carbocycles. The molecule has 2 aromatic carbocycles.